The molecule has 0 unspecified atom stereocenters. The molecule has 9 heteroatoms. The van der Waals surface area contributed by atoms with Crippen molar-refractivity contribution in [2.45, 2.75) is 13.2 Å². The molecule has 0 radical (unpaired) electrons. The van der Waals surface area contributed by atoms with Crippen LogP contribution in [-0.2, 0) is 6.54 Å². The summed E-state index contributed by atoms with van der Waals surface area (Å²) in [5.41, 5.74) is 0.158. The van der Waals surface area contributed by atoms with Crippen LogP contribution in [0.5, 0.6) is 5.75 Å². The number of anilines is 1. The second kappa shape index (κ2) is 7.32. The number of hydrogen-bond acceptors (Lipinski definition) is 6. The van der Waals surface area contributed by atoms with Gasteiger partial charge in [0.2, 0.25) is 5.69 Å². The summed E-state index contributed by atoms with van der Waals surface area (Å²) in [5, 5.41) is 19.8. The van der Waals surface area contributed by atoms with Gasteiger partial charge >= 0.3 is 12.3 Å². The van der Waals surface area contributed by atoms with Gasteiger partial charge in [0.25, 0.3) is 0 Å². The van der Waals surface area contributed by atoms with Gasteiger partial charge in [-0.1, -0.05) is 12.1 Å². The molecule has 24 heavy (non-hydrogen) atoms. The highest BCUT2D eigenvalue weighted by Gasteiger charge is 2.17. The van der Waals surface area contributed by atoms with Crippen LogP contribution in [0.15, 0.2) is 36.4 Å². The van der Waals surface area contributed by atoms with Crippen LogP contribution in [0.25, 0.3) is 0 Å². The molecule has 0 amide bonds. The van der Waals surface area contributed by atoms with Crippen molar-refractivity contribution in [1.29, 1.82) is 5.26 Å². The number of aromatic nitrogens is 1. The van der Waals surface area contributed by atoms with Crippen molar-refractivity contribution < 1.29 is 18.4 Å². The molecule has 0 bridgehead atoms. The van der Waals surface area contributed by atoms with Crippen LogP contribution in [0.3, 0.4) is 0 Å². The summed E-state index contributed by atoms with van der Waals surface area (Å²) in [6, 6.07) is 10.4. The number of ether oxygens (including phenoxy) is 1. The Kier molecular flexibility index (Phi) is 5.21. The van der Waals surface area contributed by atoms with Crippen molar-refractivity contribution >= 4 is 11.5 Å². The van der Waals surface area contributed by atoms with E-state index in [1.807, 2.05) is 0 Å². The summed E-state index contributed by atoms with van der Waals surface area (Å²) in [6.07, 6.45) is 0. The Labute approximate surface area is 135 Å². The Morgan fingerprint density at radius 1 is 1.33 bits per heavy atom. The zero-order valence-corrected chi connectivity index (χ0v) is 12.5. The van der Waals surface area contributed by atoms with Gasteiger partial charge in [0, 0.05) is 19.7 Å². The lowest BCUT2D eigenvalue weighted by Gasteiger charge is -2.18. The molecule has 1 heterocycles. The fourth-order valence-electron chi connectivity index (χ4n) is 2.01. The molecule has 2 rings (SSSR count). The molecule has 0 saturated heterocycles. The van der Waals surface area contributed by atoms with Crippen molar-refractivity contribution in [3.05, 3.63) is 57.8 Å². The van der Waals surface area contributed by atoms with Gasteiger partial charge in [-0.15, -0.1) is 0 Å². The Morgan fingerprint density at radius 3 is 2.54 bits per heavy atom. The number of nitriles is 1. The van der Waals surface area contributed by atoms with Gasteiger partial charge in [-0.3, -0.25) is 10.1 Å². The molecular formula is C15H12F2N4O3. The highest BCUT2D eigenvalue weighted by Crippen LogP contribution is 2.22. The monoisotopic (exact) mass is 334 g/mol. The Morgan fingerprint density at radius 2 is 2.00 bits per heavy atom. The van der Waals surface area contributed by atoms with E-state index < -0.39 is 11.5 Å². The van der Waals surface area contributed by atoms with E-state index in [0.29, 0.717) is 12.4 Å². The first-order valence-electron chi connectivity index (χ1n) is 6.71. The SMILES string of the molecule is CN(Cc1ccc(OC(F)F)cc1)c1ccc([N+](=O)[O-])c(C#N)n1. The largest absolute Gasteiger partial charge is 0.435 e. The number of alkyl halides is 2. The summed E-state index contributed by atoms with van der Waals surface area (Å²) in [4.78, 5) is 15.8. The molecule has 2 aromatic rings. The zero-order chi connectivity index (χ0) is 17.7. The summed E-state index contributed by atoms with van der Waals surface area (Å²) in [6.45, 7) is -2.52. The number of nitro groups is 1. The fraction of sp³-hybridized carbons (Fsp3) is 0.200. The summed E-state index contributed by atoms with van der Waals surface area (Å²) in [7, 11) is 1.69. The Hall–Kier alpha value is -3.28. The maximum Gasteiger partial charge on any atom is 0.387 e. The van der Waals surface area contributed by atoms with Crippen LogP contribution in [0, 0.1) is 21.4 Å². The molecule has 0 aliphatic heterocycles. The molecule has 1 aromatic carbocycles. The predicted molar refractivity (Wildman–Crippen MR) is 80.8 cm³/mol. The van der Waals surface area contributed by atoms with Gasteiger partial charge < -0.3 is 9.64 Å². The number of hydrogen-bond donors (Lipinski definition) is 0. The third-order valence-corrected chi connectivity index (χ3v) is 3.12. The Balaban J connectivity index is 2.13. The standard InChI is InChI=1S/C15H12F2N4O3/c1-20(9-10-2-4-11(5-3-10)24-15(16)17)14-7-6-13(21(22)23)12(8-18)19-14/h2-7,15H,9H2,1H3. The van der Waals surface area contributed by atoms with E-state index in [4.69, 9.17) is 5.26 Å². The van der Waals surface area contributed by atoms with Crippen LogP contribution in [0.4, 0.5) is 20.3 Å². The quantitative estimate of drug-likeness (QED) is 0.595. The third-order valence-electron chi connectivity index (χ3n) is 3.12. The molecule has 0 atom stereocenters. The fourth-order valence-corrected chi connectivity index (χ4v) is 2.01. The minimum atomic E-state index is -2.88. The van der Waals surface area contributed by atoms with Gasteiger partial charge in [0.05, 0.1) is 4.92 Å². The maximum atomic E-state index is 12.1. The van der Waals surface area contributed by atoms with E-state index in [0.717, 1.165) is 5.56 Å². The average Bonchev–Trinajstić information content (AvgIpc) is 2.55. The van der Waals surface area contributed by atoms with Crippen molar-refractivity contribution in [3.63, 3.8) is 0 Å². The minimum absolute atomic E-state index is 0.0524. The van der Waals surface area contributed by atoms with Crippen LogP contribution in [-0.4, -0.2) is 23.6 Å². The topological polar surface area (TPSA) is 92.3 Å². The molecule has 0 saturated carbocycles. The minimum Gasteiger partial charge on any atom is -0.435 e. The van der Waals surface area contributed by atoms with Gasteiger partial charge in [-0.2, -0.15) is 14.0 Å². The molecule has 0 aliphatic rings. The lowest BCUT2D eigenvalue weighted by molar-refractivity contribution is -0.385. The summed E-state index contributed by atoms with van der Waals surface area (Å²) in [5.74, 6) is 0.432. The number of halogens is 2. The Bertz CT molecular complexity index is 775. The first-order valence-corrected chi connectivity index (χ1v) is 6.71. The third kappa shape index (κ3) is 4.13. The van der Waals surface area contributed by atoms with Crippen molar-refractivity contribution in [1.82, 2.24) is 4.98 Å². The van der Waals surface area contributed by atoms with E-state index >= 15 is 0 Å². The molecule has 0 aliphatic carbocycles. The molecule has 124 valence electrons. The highest BCUT2D eigenvalue weighted by atomic mass is 19.3. The lowest BCUT2D eigenvalue weighted by atomic mass is 10.2. The van der Waals surface area contributed by atoms with E-state index in [2.05, 4.69) is 9.72 Å². The molecule has 0 fully saturated rings. The van der Waals surface area contributed by atoms with Crippen LogP contribution in [0.1, 0.15) is 11.3 Å². The van der Waals surface area contributed by atoms with E-state index in [1.54, 1.807) is 30.1 Å². The first kappa shape index (κ1) is 17.1. The van der Waals surface area contributed by atoms with Gasteiger partial charge in [0.1, 0.15) is 17.6 Å². The second-order valence-electron chi connectivity index (χ2n) is 4.78. The normalized spacial score (nSPS) is 10.3. The predicted octanol–water partition coefficient (Wildman–Crippen LogP) is 3.10. The molecule has 0 spiro atoms. The van der Waals surface area contributed by atoms with Crippen molar-refractivity contribution in [2.24, 2.45) is 0 Å². The highest BCUT2D eigenvalue weighted by molar-refractivity contribution is 5.51. The van der Waals surface area contributed by atoms with Gasteiger partial charge in [-0.25, -0.2) is 4.98 Å². The smallest absolute Gasteiger partial charge is 0.387 e. The lowest BCUT2D eigenvalue weighted by Crippen LogP contribution is -2.18. The molecular weight excluding hydrogens is 322 g/mol. The number of nitrogens with zero attached hydrogens (tertiary/aromatic N) is 4. The van der Waals surface area contributed by atoms with Crippen LogP contribution >= 0.6 is 0 Å². The van der Waals surface area contributed by atoms with E-state index in [1.165, 1.54) is 24.3 Å². The van der Waals surface area contributed by atoms with Crippen molar-refractivity contribution in [2.75, 3.05) is 11.9 Å². The number of rotatable bonds is 6. The molecule has 0 N–H and O–H groups in total. The maximum absolute atomic E-state index is 12.1. The summed E-state index contributed by atoms with van der Waals surface area (Å²) < 4.78 is 28.5. The second-order valence-corrected chi connectivity index (χ2v) is 4.78. The van der Waals surface area contributed by atoms with Gasteiger partial charge in [-0.05, 0) is 23.8 Å². The zero-order valence-electron chi connectivity index (χ0n) is 12.5. The number of benzene rings is 1. The van der Waals surface area contributed by atoms with Crippen LogP contribution in [0.2, 0.25) is 0 Å². The summed E-state index contributed by atoms with van der Waals surface area (Å²) >= 11 is 0. The average molecular weight is 334 g/mol. The van der Waals surface area contributed by atoms with Crippen LogP contribution < -0.4 is 9.64 Å². The first-order chi connectivity index (χ1) is 11.4. The van der Waals surface area contributed by atoms with E-state index in [-0.39, 0.29) is 17.1 Å². The molecule has 7 nitrogen and oxygen atoms in total. The van der Waals surface area contributed by atoms with Crippen molar-refractivity contribution in [3.8, 4) is 11.8 Å². The van der Waals surface area contributed by atoms with E-state index in [9.17, 15) is 18.9 Å². The number of pyridine rings is 1. The van der Waals surface area contributed by atoms with Gasteiger partial charge in [0.15, 0.2) is 0 Å². The molecule has 1 aromatic heterocycles.